The first kappa shape index (κ1) is 34.9. The molecule has 56 heavy (non-hydrogen) atoms. The summed E-state index contributed by atoms with van der Waals surface area (Å²) in [7, 11) is -8.85. The van der Waals surface area contributed by atoms with Gasteiger partial charge < -0.3 is 9.97 Å². The van der Waals surface area contributed by atoms with E-state index in [0.717, 1.165) is 38.9 Å². The van der Waals surface area contributed by atoms with Crippen LogP contribution in [0, 0.1) is 0 Å². The van der Waals surface area contributed by atoms with Gasteiger partial charge in [-0.2, -0.15) is 16.8 Å². The molecule has 0 radical (unpaired) electrons. The molecule has 4 N–H and O–H groups in total. The van der Waals surface area contributed by atoms with E-state index >= 15 is 0 Å². The number of H-pyrrole nitrogens is 2. The highest BCUT2D eigenvalue weighted by molar-refractivity contribution is 7.86. The Kier molecular flexibility index (Phi) is 8.40. The Hall–Kier alpha value is -6.84. The number of pyridine rings is 2. The molecule has 9 rings (SSSR count). The van der Waals surface area contributed by atoms with Crippen molar-refractivity contribution in [2.75, 3.05) is 0 Å². The van der Waals surface area contributed by atoms with E-state index in [1.54, 1.807) is 49.1 Å². The van der Waals surface area contributed by atoms with Gasteiger partial charge in [-0.3, -0.25) is 19.1 Å². The maximum Gasteiger partial charge on any atom is 0.294 e. The van der Waals surface area contributed by atoms with Gasteiger partial charge in [0.25, 0.3) is 20.2 Å². The van der Waals surface area contributed by atoms with Crippen LogP contribution >= 0.6 is 0 Å². The number of hydrogen-bond donors (Lipinski definition) is 4. The molecule has 0 aliphatic carbocycles. The Morgan fingerprint density at radius 3 is 1.04 bits per heavy atom. The summed E-state index contributed by atoms with van der Waals surface area (Å²) in [6.07, 6.45) is 14.4. The molecule has 7 aromatic rings. The van der Waals surface area contributed by atoms with Crippen LogP contribution < -0.4 is 0 Å². The molecule has 2 aliphatic heterocycles. The van der Waals surface area contributed by atoms with Gasteiger partial charge in [0.05, 0.1) is 32.6 Å². The third-order valence-electron chi connectivity index (χ3n) is 9.57. The molecule has 0 unspecified atom stereocenters. The Morgan fingerprint density at radius 1 is 0.375 bits per heavy atom. The molecule has 2 aromatic carbocycles. The fraction of sp³-hybridized carbons (Fsp3) is 0. The quantitative estimate of drug-likeness (QED) is 0.119. The minimum Gasteiger partial charge on any atom is -0.354 e. The molecule has 0 spiro atoms. The third kappa shape index (κ3) is 6.41. The highest BCUT2D eigenvalue weighted by Crippen LogP contribution is 2.38. The molecule has 0 saturated heterocycles. The number of aromatic amines is 2. The Labute approximate surface area is 320 Å². The summed E-state index contributed by atoms with van der Waals surface area (Å²) in [6.45, 7) is 0. The number of fused-ring (bicyclic) bond motifs is 8. The van der Waals surface area contributed by atoms with Gasteiger partial charge in [-0.25, -0.2) is 9.97 Å². The summed E-state index contributed by atoms with van der Waals surface area (Å²) in [5.41, 5.74) is 11.2. The second kappa shape index (κ2) is 13.5. The van der Waals surface area contributed by atoms with Crippen molar-refractivity contribution < 1.29 is 25.9 Å². The predicted octanol–water partition coefficient (Wildman–Crippen LogP) is 8.61. The minimum absolute atomic E-state index is 0.224. The van der Waals surface area contributed by atoms with E-state index in [1.165, 1.54) is 24.3 Å². The summed E-state index contributed by atoms with van der Waals surface area (Å²) in [6, 6.07) is 27.3. The van der Waals surface area contributed by atoms with Crippen LogP contribution in [0.3, 0.4) is 0 Å². The van der Waals surface area contributed by atoms with E-state index in [9.17, 15) is 25.9 Å². The first-order valence-corrected chi connectivity index (χ1v) is 20.0. The molecule has 14 heteroatoms. The van der Waals surface area contributed by atoms with E-state index in [2.05, 4.69) is 19.9 Å². The summed E-state index contributed by atoms with van der Waals surface area (Å²) >= 11 is 0. The molecule has 5 aromatic heterocycles. The lowest BCUT2D eigenvalue weighted by atomic mass is 10.0. The monoisotopic (exact) mass is 776 g/mol. The van der Waals surface area contributed by atoms with Crippen molar-refractivity contribution in [1.29, 1.82) is 0 Å². The first-order valence-electron chi connectivity index (χ1n) is 17.1. The predicted molar refractivity (Wildman–Crippen MR) is 216 cm³/mol. The van der Waals surface area contributed by atoms with E-state index in [1.807, 2.05) is 72.8 Å². The molecule has 0 atom stereocenters. The van der Waals surface area contributed by atoms with Crippen LogP contribution in [0.4, 0.5) is 0 Å². The third-order valence-corrected chi connectivity index (χ3v) is 11.3. The van der Waals surface area contributed by atoms with Gasteiger partial charge in [0.2, 0.25) is 0 Å². The van der Waals surface area contributed by atoms with Gasteiger partial charge in [0.1, 0.15) is 0 Å². The summed E-state index contributed by atoms with van der Waals surface area (Å²) in [5.74, 6) is 0. The fourth-order valence-corrected chi connectivity index (χ4v) is 8.00. The average molecular weight is 777 g/mol. The lowest BCUT2D eigenvalue weighted by Gasteiger charge is -2.07. The second-order valence-electron chi connectivity index (χ2n) is 13.0. The van der Waals surface area contributed by atoms with Crippen LogP contribution in [-0.2, 0) is 20.2 Å². The summed E-state index contributed by atoms with van der Waals surface area (Å²) in [5, 5.41) is 0. The van der Waals surface area contributed by atoms with Crippen molar-refractivity contribution in [2.24, 2.45) is 0 Å². The number of nitrogens with one attached hydrogen (secondary N) is 2. The van der Waals surface area contributed by atoms with Crippen molar-refractivity contribution in [3.8, 4) is 44.5 Å². The average Bonchev–Trinajstić information content (AvgIpc) is 4.03. The molecule has 12 nitrogen and oxygen atoms in total. The van der Waals surface area contributed by atoms with E-state index in [0.29, 0.717) is 50.5 Å². The van der Waals surface area contributed by atoms with E-state index in [4.69, 9.17) is 9.97 Å². The molecular formula is C42H28N6O6S2. The number of aromatic nitrogens is 6. The zero-order chi connectivity index (χ0) is 38.6. The lowest BCUT2D eigenvalue weighted by molar-refractivity contribution is 0.481. The maximum absolute atomic E-state index is 12.0. The lowest BCUT2D eigenvalue weighted by Crippen LogP contribution is -1.97. The van der Waals surface area contributed by atoms with Gasteiger partial charge >= 0.3 is 0 Å². The van der Waals surface area contributed by atoms with Gasteiger partial charge in [-0.15, -0.1) is 0 Å². The Morgan fingerprint density at radius 2 is 0.679 bits per heavy atom. The summed E-state index contributed by atoms with van der Waals surface area (Å²) < 4.78 is 67.3. The van der Waals surface area contributed by atoms with Crippen molar-refractivity contribution in [3.63, 3.8) is 0 Å². The second-order valence-corrected chi connectivity index (χ2v) is 15.8. The largest absolute Gasteiger partial charge is 0.354 e. The smallest absolute Gasteiger partial charge is 0.294 e. The zero-order valence-corrected chi connectivity index (χ0v) is 30.6. The first-order chi connectivity index (χ1) is 27.0. The maximum atomic E-state index is 12.0. The van der Waals surface area contributed by atoms with E-state index in [-0.39, 0.29) is 9.79 Å². The van der Waals surface area contributed by atoms with Crippen LogP contribution in [0.2, 0.25) is 0 Å². The number of hydrogen-bond acceptors (Lipinski definition) is 8. The van der Waals surface area contributed by atoms with Crippen molar-refractivity contribution in [3.05, 3.63) is 145 Å². The molecule has 0 fully saturated rings. The normalized spacial score (nSPS) is 12.6. The van der Waals surface area contributed by atoms with Crippen LogP contribution in [0.25, 0.3) is 90.9 Å². The number of rotatable bonds is 6. The molecule has 274 valence electrons. The molecule has 7 heterocycles. The molecule has 0 saturated carbocycles. The SMILES string of the molecule is O=S(=O)(O)c1ccc(-c2c3nc(c(-c4ccncc4)c4ccc([nH]4)c(-c4ccc(S(=O)(=O)O)cc4)c4ccc([nH]4)c(-c4ccncc4)c4nc2C=C4)C=C3)cc1. The highest BCUT2D eigenvalue weighted by Gasteiger charge is 2.20. The highest BCUT2D eigenvalue weighted by atomic mass is 32.2. The minimum atomic E-state index is -4.43. The van der Waals surface area contributed by atoms with Crippen LogP contribution in [-0.4, -0.2) is 55.8 Å². The van der Waals surface area contributed by atoms with Crippen LogP contribution in [0.1, 0.15) is 22.8 Å². The Bertz CT molecular complexity index is 3020. The van der Waals surface area contributed by atoms with Crippen LogP contribution in [0.15, 0.2) is 132 Å². The fourth-order valence-electron chi connectivity index (χ4n) is 7.04. The summed E-state index contributed by atoms with van der Waals surface area (Å²) in [4.78, 5) is 25.5. The Balaban J connectivity index is 1.44. The zero-order valence-electron chi connectivity index (χ0n) is 29.0. The molecular weight excluding hydrogens is 749 g/mol. The molecule has 2 aliphatic rings. The van der Waals surface area contributed by atoms with Crippen molar-refractivity contribution in [1.82, 2.24) is 29.9 Å². The van der Waals surface area contributed by atoms with Crippen molar-refractivity contribution in [2.45, 2.75) is 9.79 Å². The topological polar surface area (TPSA) is 192 Å². The number of benzene rings is 2. The molecule has 0 amide bonds. The van der Waals surface area contributed by atoms with E-state index < -0.39 is 20.2 Å². The number of nitrogens with zero attached hydrogens (tertiary/aromatic N) is 4. The van der Waals surface area contributed by atoms with Gasteiger partial charge in [-0.05, 0) is 119 Å². The van der Waals surface area contributed by atoms with Crippen molar-refractivity contribution >= 4 is 66.6 Å². The van der Waals surface area contributed by atoms with Gasteiger partial charge in [-0.1, -0.05) is 24.3 Å². The van der Waals surface area contributed by atoms with Gasteiger partial charge in [0, 0.05) is 69.1 Å². The van der Waals surface area contributed by atoms with Crippen LogP contribution in [0.5, 0.6) is 0 Å². The molecule has 8 bridgehead atoms. The standard InChI is InChI=1S/C42H28N6O6S2/c49-55(50,51)29-5-1-25(2-6-29)39-31-9-13-35(45-31)41(27-17-21-43-22-18-27)37-15-11-33(47-37)40(26-3-7-30(8-4-26)56(52,53)54)34-12-16-38(48-34)42(28-19-23-44-24-20-28)36-14-10-32(39)46-36/h1-24,45-46H,(H,49,50,51)(H,52,53,54). The van der Waals surface area contributed by atoms with Gasteiger partial charge in [0.15, 0.2) is 0 Å².